The van der Waals surface area contributed by atoms with E-state index in [0.717, 1.165) is 20.1 Å². The number of rotatable bonds is 5. The van der Waals surface area contributed by atoms with Crippen LogP contribution < -0.4 is 5.43 Å². The van der Waals surface area contributed by atoms with Gasteiger partial charge in [-0.15, -0.1) is 11.3 Å². The van der Waals surface area contributed by atoms with Gasteiger partial charge in [-0.25, -0.2) is 10.4 Å². The number of thioether (sulfide) groups is 1. The van der Waals surface area contributed by atoms with E-state index >= 15 is 0 Å². The highest BCUT2D eigenvalue weighted by Crippen LogP contribution is 2.31. The summed E-state index contributed by atoms with van der Waals surface area (Å²) in [7, 11) is 0. The van der Waals surface area contributed by atoms with Crippen molar-refractivity contribution in [2.24, 2.45) is 5.10 Å². The SMILES string of the molecule is CC(Sc1nc2ccccc2s1)C(=O)N/N=C/c1ccc(Cl)c(Cl)c1. The van der Waals surface area contributed by atoms with E-state index in [-0.39, 0.29) is 11.2 Å². The van der Waals surface area contributed by atoms with Gasteiger partial charge < -0.3 is 0 Å². The van der Waals surface area contributed by atoms with Crippen LogP contribution in [0.5, 0.6) is 0 Å². The van der Waals surface area contributed by atoms with Gasteiger partial charge in [-0.2, -0.15) is 5.10 Å². The van der Waals surface area contributed by atoms with Gasteiger partial charge in [0.15, 0.2) is 4.34 Å². The van der Waals surface area contributed by atoms with E-state index in [4.69, 9.17) is 23.2 Å². The van der Waals surface area contributed by atoms with Crippen molar-refractivity contribution >= 4 is 68.6 Å². The normalized spacial score (nSPS) is 12.6. The van der Waals surface area contributed by atoms with Crippen LogP contribution in [0.15, 0.2) is 51.9 Å². The lowest BCUT2D eigenvalue weighted by Gasteiger charge is -2.06. The molecule has 1 amide bonds. The fraction of sp³-hybridized carbons (Fsp3) is 0.118. The van der Waals surface area contributed by atoms with Gasteiger partial charge in [0.25, 0.3) is 5.91 Å². The molecule has 0 saturated heterocycles. The highest BCUT2D eigenvalue weighted by Gasteiger charge is 2.16. The van der Waals surface area contributed by atoms with Gasteiger partial charge in [0.05, 0.1) is 31.7 Å². The number of hydrazone groups is 1. The maximum absolute atomic E-state index is 12.2. The van der Waals surface area contributed by atoms with Crippen LogP contribution in [0.1, 0.15) is 12.5 Å². The molecule has 4 nitrogen and oxygen atoms in total. The van der Waals surface area contributed by atoms with Crippen molar-refractivity contribution in [3.05, 3.63) is 58.1 Å². The van der Waals surface area contributed by atoms with Crippen molar-refractivity contribution in [3.8, 4) is 0 Å². The Kier molecular flexibility index (Phi) is 5.96. The van der Waals surface area contributed by atoms with E-state index in [1.165, 1.54) is 18.0 Å². The number of aromatic nitrogens is 1. The number of nitrogens with zero attached hydrogens (tertiary/aromatic N) is 2. The van der Waals surface area contributed by atoms with Crippen molar-refractivity contribution in [2.75, 3.05) is 0 Å². The Hall–Kier alpha value is -1.60. The molecule has 8 heteroatoms. The molecule has 1 aromatic heterocycles. The third-order valence-electron chi connectivity index (χ3n) is 3.25. The molecule has 0 aliphatic heterocycles. The zero-order valence-electron chi connectivity index (χ0n) is 13.1. The third-order valence-corrected chi connectivity index (χ3v) is 6.22. The first-order chi connectivity index (χ1) is 12.0. The Morgan fingerprint density at radius 1 is 1.28 bits per heavy atom. The number of carbonyl (C=O) groups excluding carboxylic acids is 1. The van der Waals surface area contributed by atoms with Crippen LogP contribution in [0.4, 0.5) is 0 Å². The predicted octanol–water partition coefficient (Wildman–Crippen LogP) is 5.23. The molecule has 1 unspecified atom stereocenters. The Labute approximate surface area is 163 Å². The summed E-state index contributed by atoms with van der Waals surface area (Å²) in [5.41, 5.74) is 4.23. The van der Waals surface area contributed by atoms with E-state index < -0.39 is 0 Å². The molecule has 2 aromatic carbocycles. The average molecular weight is 410 g/mol. The second kappa shape index (κ2) is 8.19. The van der Waals surface area contributed by atoms with Crippen molar-refractivity contribution in [1.82, 2.24) is 10.4 Å². The van der Waals surface area contributed by atoms with Crippen LogP contribution in [-0.2, 0) is 4.79 Å². The molecule has 1 atom stereocenters. The molecule has 3 aromatic rings. The van der Waals surface area contributed by atoms with Crippen molar-refractivity contribution in [1.29, 1.82) is 0 Å². The van der Waals surface area contributed by atoms with Crippen molar-refractivity contribution in [3.63, 3.8) is 0 Å². The monoisotopic (exact) mass is 409 g/mol. The van der Waals surface area contributed by atoms with Gasteiger partial charge in [0, 0.05) is 0 Å². The van der Waals surface area contributed by atoms with Crippen molar-refractivity contribution < 1.29 is 4.79 Å². The molecule has 0 aliphatic rings. The molecule has 1 N–H and O–H groups in total. The Balaban J connectivity index is 1.58. The van der Waals surface area contributed by atoms with E-state index in [2.05, 4.69) is 15.5 Å². The lowest BCUT2D eigenvalue weighted by molar-refractivity contribution is -0.120. The number of benzene rings is 2. The van der Waals surface area contributed by atoms with Crippen LogP contribution in [-0.4, -0.2) is 22.4 Å². The second-order valence-corrected chi connectivity index (χ2v) is 8.55. The van der Waals surface area contributed by atoms with Crippen LogP contribution in [0.3, 0.4) is 0 Å². The molecule has 0 aliphatic carbocycles. The summed E-state index contributed by atoms with van der Waals surface area (Å²) >= 11 is 14.8. The number of halogens is 2. The number of para-hydroxylation sites is 1. The minimum atomic E-state index is -0.313. The Morgan fingerprint density at radius 2 is 2.08 bits per heavy atom. The molecular weight excluding hydrogens is 397 g/mol. The van der Waals surface area contributed by atoms with E-state index in [9.17, 15) is 4.79 Å². The summed E-state index contributed by atoms with van der Waals surface area (Å²) < 4.78 is 1.97. The minimum Gasteiger partial charge on any atom is -0.272 e. The molecule has 0 radical (unpaired) electrons. The highest BCUT2D eigenvalue weighted by atomic mass is 35.5. The first-order valence-electron chi connectivity index (χ1n) is 7.33. The summed E-state index contributed by atoms with van der Waals surface area (Å²) in [5, 5.41) is 4.56. The largest absolute Gasteiger partial charge is 0.272 e. The number of carbonyl (C=O) groups is 1. The molecule has 0 bridgehead atoms. The topological polar surface area (TPSA) is 54.4 Å². The Morgan fingerprint density at radius 3 is 2.84 bits per heavy atom. The van der Waals surface area contributed by atoms with E-state index in [0.29, 0.717) is 10.0 Å². The van der Waals surface area contributed by atoms with E-state index in [1.807, 2.05) is 31.2 Å². The fourth-order valence-corrected chi connectivity index (χ4v) is 4.47. The van der Waals surface area contributed by atoms with Crippen LogP contribution in [0.2, 0.25) is 10.0 Å². The van der Waals surface area contributed by atoms with Gasteiger partial charge in [-0.3, -0.25) is 4.79 Å². The molecule has 1 heterocycles. The van der Waals surface area contributed by atoms with Gasteiger partial charge in [-0.1, -0.05) is 53.2 Å². The van der Waals surface area contributed by atoms with Crippen LogP contribution >= 0.6 is 46.3 Å². The predicted molar refractivity (Wildman–Crippen MR) is 107 cm³/mol. The number of amides is 1. The van der Waals surface area contributed by atoms with Crippen molar-refractivity contribution in [2.45, 2.75) is 16.5 Å². The summed E-state index contributed by atoms with van der Waals surface area (Å²) in [6.07, 6.45) is 1.52. The number of hydrogen-bond donors (Lipinski definition) is 1. The summed E-state index contributed by atoms with van der Waals surface area (Å²) in [4.78, 5) is 16.7. The van der Waals surface area contributed by atoms with Crippen LogP contribution in [0, 0.1) is 0 Å². The van der Waals surface area contributed by atoms with Gasteiger partial charge in [0.1, 0.15) is 0 Å². The standard InChI is InChI=1S/C17H13Cl2N3OS2/c1-10(24-17-21-14-4-2-3-5-15(14)25-17)16(23)22-20-9-11-6-7-12(18)13(19)8-11/h2-10H,1H3,(H,22,23)/b20-9+. The summed E-state index contributed by atoms with van der Waals surface area (Å²) in [6, 6.07) is 13.0. The number of thiazole rings is 1. The quantitative estimate of drug-likeness (QED) is 0.356. The molecule has 0 saturated carbocycles. The smallest absolute Gasteiger partial charge is 0.253 e. The number of fused-ring (bicyclic) bond motifs is 1. The lowest BCUT2D eigenvalue weighted by Crippen LogP contribution is -2.26. The first-order valence-corrected chi connectivity index (χ1v) is 9.78. The molecule has 0 spiro atoms. The molecule has 3 rings (SSSR count). The lowest BCUT2D eigenvalue weighted by atomic mass is 10.2. The first kappa shape index (κ1) is 18.2. The molecule has 128 valence electrons. The fourth-order valence-electron chi connectivity index (χ4n) is 1.96. The molecule has 0 fully saturated rings. The van der Waals surface area contributed by atoms with Crippen LogP contribution in [0.25, 0.3) is 10.2 Å². The third kappa shape index (κ3) is 4.73. The van der Waals surface area contributed by atoms with Gasteiger partial charge in [0.2, 0.25) is 0 Å². The zero-order valence-corrected chi connectivity index (χ0v) is 16.2. The maximum atomic E-state index is 12.2. The van der Waals surface area contributed by atoms with E-state index in [1.54, 1.807) is 29.5 Å². The molecule has 25 heavy (non-hydrogen) atoms. The van der Waals surface area contributed by atoms with Gasteiger partial charge in [-0.05, 0) is 36.8 Å². The summed E-state index contributed by atoms with van der Waals surface area (Å²) in [6.45, 7) is 1.82. The minimum absolute atomic E-state index is 0.194. The zero-order chi connectivity index (χ0) is 17.8. The Bertz CT molecular complexity index is 910. The molecular formula is C17H13Cl2N3OS2. The maximum Gasteiger partial charge on any atom is 0.253 e. The number of nitrogens with one attached hydrogen (secondary N) is 1. The van der Waals surface area contributed by atoms with Gasteiger partial charge >= 0.3 is 0 Å². The average Bonchev–Trinajstić information content (AvgIpc) is 3.00. The highest BCUT2D eigenvalue weighted by molar-refractivity contribution is 8.02. The second-order valence-electron chi connectivity index (χ2n) is 5.12. The summed E-state index contributed by atoms with van der Waals surface area (Å²) in [5.74, 6) is -0.194. The number of hydrogen-bond acceptors (Lipinski definition) is 5.